The molecule has 19 heavy (non-hydrogen) atoms. The zero-order valence-corrected chi connectivity index (χ0v) is 11.3. The number of rotatable bonds is 3. The highest BCUT2D eigenvalue weighted by Crippen LogP contribution is 2.12. The number of nitrogens with zero attached hydrogens (tertiary/aromatic N) is 2. The van der Waals surface area contributed by atoms with Crippen molar-refractivity contribution < 1.29 is 4.79 Å². The van der Waals surface area contributed by atoms with Gasteiger partial charge in [-0.25, -0.2) is 9.78 Å². The van der Waals surface area contributed by atoms with E-state index in [2.05, 4.69) is 4.98 Å². The van der Waals surface area contributed by atoms with Gasteiger partial charge in [0.05, 0.1) is 6.54 Å². The highest BCUT2D eigenvalue weighted by molar-refractivity contribution is 5.97. The summed E-state index contributed by atoms with van der Waals surface area (Å²) in [7, 11) is 0. The summed E-state index contributed by atoms with van der Waals surface area (Å²) in [5, 5.41) is 0. The molecule has 0 bridgehead atoms. The number of carbonyl (C=O) groups excluding carboxylic acids is 1. The second-order valence-electron chi connectivity index (χ2n) is 4.78. The van der Waals surface area contributed by atoms with Gasteiger partial charge in [0, 0.05) is 18.0 Å². The van der Waals surface area contributed by atoms with E-state index >= 15 is 0 Å². The molecule has 0 aliphatic heterocycles. The summed E-state index contributed by atoms with van der Waals surface area (Å²) in [5.41, 5.74) is 3.07. The molecule has 0 saturated carbocycles. The van der Waals surface area contributed by atoms with Crippen LogP contribution in [0.25, 0.3) is 0 Å². The topological polar surface area (TPSA) is 52.0 Å². The lowest BCUT2D eigenvalue weighted by Crippen LogP contribution is -2.26. The van der Waals surface area contributed by atoms with Gasteiger partial charge in [0.2, 0.25) is 0 Å². The van der Waals surface area contributed by atoms with Gasteiger partial charge in [-0.15, -0.1) is 0 Å². The van der Waals surface area contributed by atoms with Crippen molar-refractivity contribution in [3.8, 4) is 0 Å². The van der Waals surface area contributed by atoms with Crippen LogP contribution in [0.2, 0.25) is 0 Å². The van der Waals surface area contributed by atoms with Crippen LogP contribution in [0.5, 0.6) is 0 Å². The molecular formula is C15H16N2O2. The van der Waals surface area contributed by atoms with Crippen LogP contribution in [0.3, 0.4) is 0 Å². The summed E-state index contributed by atoms with van der Waals surface area (Å²) in [6.07, 6.45) is 3.15. The molecule has 1 aromatic heterocycles. The fraction of sp³-hybridized carbons (Fsp3) is 0.267. The van der Waals surface area contributed by atoms with Crippen molar-refractivity contribution in [1.82, 2.24) is 9.55 Å². The molecule has 1 aromatic carbocycles. The third-order valence-corrected chi connectivity index (χ3v) is 2.99. The van der Waals surface area contributed by atoms with Gasteiger partial charge in [-0.2, -0.15) is 0 Å². The largest absolute Gasteiger partial charge is 0.347 e. The second-order valence-corrected chi connectivity index (χ2v) is 4.78. The molecule has 1 heterocycles. The first-order chi connectivity index (χ1) is 8.97. The predicted molar refractivity (Wildman–Crippen MR) is 73.5 cm³/mol. The Morgan fingerprint density at radius 3 is 2.68 bits per heavy atom. The summed E-state index contributed by atoms with van der Waals surface area (Å²) >= 11 is 0. The minimum Gasteiger partial charge on any atom is -0.292 e. The van der Waals surface area contributed by atoms with Crippen LogP contribution in [0.1, 0.15) is 27.0 Å². The van der Waals surface area contributed by atoms with Gasteiger partial charge in [0.1, 0.15) is 0 Å². The van der Waals surface area contributed by atoms with E-state index in [9.17, 15) is 9.59 Å². The first-order valence-corrected chi connectivity index (χ1v) is 6.11. The Bertz CT molecular complexity index is 687. The van der Waals surface area contributed by atoms with Crippen molar-refractivity contribution in [2.24, 2.45) is 0 Å². The fourth-order valence-corrected chi connectivity index (χ4v) is 1.95. The molecule has 4 heteroatoms. The second kappa shape index (κ2) is 5.18. The number of carbonyl (C=O) groups is 1. The Kier molecular flexibility index (Phi) is 3.60. The van der Waals surface area contributed by atoms with E-state index in [-0.39, 0.29) is 12.3 Å². The summed E-state index contributed by atoms with van der Waals surface area (Å²) < 4.78 is 1.35. The Labute approximate surface area is 111 Å². The van der Waals surface area contributed by atoms with Crippen molar-refractivity contribution in [3.05, 3.63) is 63.3 Å². The molecule has 0 aliphatic carbocycles. The number of ketones is 1. The predicted octanol–water partition coefficient (Wildman–Crippen LogP) is 2.05. The van der Waals surface area contributed by atoms with Crippen molar-refractivity contribution >= 4 is 5.78 Å². The van der Waals surface area contributed by atoms with E-state index < -0.39 is 5.69 Å². The quantitative estimate of drug-likeness (QED) is 0.790. The minimum absolute atomic E-state index is 0.0256. The van der Waals surface area contributed by atoms with Gasteiger partial charge in [0.15, 0.2) is 5.78 Å². The van der Waals surface area contributed by atoms with E-state index in [4.69, 9.17) is 0 Å². The highest BCUT2D eigenvalue weighted by Gasteiger charge is 2.11. The maximum absolute atomic E-state index is 12.3. The molecule has 0 unspecified atom stereocenters. The molecule has 0 aliphatic rings. The van der Waals surface area contributed by atoms with Crippen molar-refractivity contribution in [1.29, 1.82) is 0 Å². The third kappa shape index (κ3) is 2.96. The molecule has 0 saturated heterocycles. The van der Waals surface area contributed by atoms with Crippen LogP contribution >= 0.6 is 0 Å². The average molecular weight is 256 g/mol. The van der Waals surface area contributed by atoms with Crippen molar-refractivity contribution in [2.75, 3.05) is 0 Å². The molecule has 0 amide bonds. The van der Waals surface area contributed by atoms with Crippen molar-refractivity contribution in [2.45, 2.75) is 27.3 Å². The van der Waals surface area contributed by atoms with Gasteiger partial charge in [0.25, 0.3) is 0 Å². The van der Waals surface area contributed by atoms with Crippen LogP contribution in [-0.4, -0.2) is 15.3 Å². The smallest absolute Gasteiger partial charge is 0.292 e. The maximum Gasteiger partial charge on any atom is 0.347 e. The third-order valence-electron chi connectivity index (χ3n) is 2.99. The lowest BCUT2D eigenvalue weighted by atomic mass is 10.0. The summed E-state index contributed by atoms with van der Waals surface area (Å²) in [4.78, 5) is 27.6. The number of aryl methyl sites for hydroxylation is 3. The minimum atomic E-state index is -0.399. The molecule has 0 spiro atoms. The molecule has 0 N–H and O–H groups in total. The maximum atomic E-state index is 12.3. The van der Waals surface area contributed by atoms with Crippen LogP contribution in [0.15, 0.2) is 35.4 Å². The van der Waals surface area contributed by atoms with Gasteiger partial charge in [-0.05, 0) is 38.0 Å². The zero-order chi connectivity index (χ0) is 14.0. The zero-order valence-electron chi connectivity index (χ0n) is 11.3. The summed E-state index contributed by atoms with van der Waals surface area (Å²) in [6, 6.07) is 5.73. The summed E-state index contributed by atoms with van der Waals surface area (Å²) in [6.45, 7) is 5.70. The molecule has 0 atom stereocenters. The van der Waals surface area contributed by atoms with E-state index in [1.54, 1.807) is 6.20 Å². The molecular weight excluding hydrogens is 240 g/mol. The van der Waals surface area contributed by atoms with Crippen LogP contribution in [-0.2, 0) is 6.54 Å². The molecule has 4 nitrogen and oxygen atoms in total. The van der Waals surface area contributed by atoms with Crippen LogP contribution in [0.4, 0.5) is 0 Å². The van der Waals surface area contributed by atoms with E-state index in [0.29, 0.717) is 5.56 Å². The first kappa shape index (κ1) is 13.2. The van der Waals surface area contributed by atoms with Gasteiger partial charge >= 0.3 is 5.69 Å². The average Bonchev–Trinajstić information content (AvgIpc) is 2.36. The number of hydrogen-bond donors (Lipinski definition) is 0. The Hall–Kier alpha value is -2.23. The van der Waals surface area contributed by atoms with E-state index in [1.807, 2.05) is 39.0 Å². The van der Waals surface area contributed by atoms with Gasteiger partial charge in [-0.1, -0.05) is 17.7 Å². The lowest BCUT2D eigenvalue weighted by Gasteiger charge is -2.08. The normalized spacial score (nSPS) is 10.5. The molecule has 98 valence electrons. The molecule has 2 aromatic rings. The fourth-order valence-electron chi connectivity index (χ4n) is 1.95. The Balaban J connectivity index is 2.33. The number of benzene rings is 1. The van der Waals surface area contributed by atoms with Crippen LogP contribution < -0.4 is 5.69 Å². The van der Waals surface area contributed by atoms with Gasteiger partial charge in [-0.3, -0.25) is 9.36 Å². The Morgan fingerprint density at radius 1 is 1.21 bits per heavy atom. The van der Waals surface area contributed by atoms with Crippen molar-refractivity contribution in [3.63, 3.8) is 0 Å². The monoisotopic (exact) mass is 256 g/mol. The molecule has 2 rings (SSSR count). The number of hydrogen-bond acceptors (Lipinski definition) is 3. The lowest BCUT2D eigenvalue weighted by molar-refractivity contribution is 0.0969. The number of Topliss-reactive ketones (excluding diaryl/α,β-unsaturated/α-hetero) is 1. The van der Waals surface area contributed by atoms with E-state index in [1.165, 1.54) is 10.8 Å². The summed E-state index contributed by atoms with van der Waals surface area (Å²) in [5.74, 6) is -0.0734. The highest BCUT2D eigenvalue weighted by atomic mass is 16.2. The standard InChI is InChI=1S/C15H16N2O2/c1-10-4-5-12(3)13(6-10)14(18)9-17-8-11(2)7-16-15(17)19/h4-8H,9H2,1-3H3. The molecule has 0 radical (unpaired) electrons. The van der Waals surface area contributed by atoms with Crippen LogP contribution in [0, 0.1) is 20.8 Å². The first-order valence-electron chi connectivity index (χ1n) is 6.11. The van der Waals surface area contributed by atoms with Gasteiger partial charge < -0.3 is 0 Å². The molecule has 0 fully saturated rings. The Morgan fingerprint density at radius 2 is 1.95 bits per heavy atom. The number of aromatic nitrogens is 2. The SMILES string of the molecule is Cc1ccc(C)c(C(=O)Cn2cc(C)cnc2=O)c1. The van der Waals surface area contributed by atoms with E-state index in [0.717, 1.165) is 16.7 Å².